The Morgan fingerprint density at radius 1 is 1.08 bits per heavy atom. The van der Waals surface area contributed by atoms with Crippen molar-refractivity contribution in [3.63, 3.8) is 0 Å². The molecule has 11 heteroatoms. The fourth-order valence-electron chi connectivity index (χ4n) is 5.23. The number of halogens is 1. The quantitative estimate of drug-likeness (QED) is 0.450. The molecule has 1 amide bonds. The first-order valence-electron chi connectivity index (χ1n) is 13.3. The number of sulfonamides is 1. The Kier molecular flexibility index (Phi) is 8.27. The van der Waals surface area contributed by atoms with Crippen molar-refractivity contribution >= 4 is 42.6 Å². The molecule has 2 aromatic carbocycles. The van der Waals surface area contributed by atoms with Gasteiger partial charge in [0.2, 0.25) is 10.0 Å². The van der Waals surface area contributed by atoms with E-state index < -0.39 is 10.0 Å². The number of nitrogens with zero attached hydrogens (tertiary/aromatic N) is 4. The maximum absolute atomic E-state index is 13.5. The van der Waals surface area contributed by atoms with E-state index in [2.05, 4.69) is 20.1 Å². The normalized spacial score (nSPS) is 19.6. The number of thiazole rings is 1. The number of piperidine rings is 1. The monoisotopic (exact) mass is 559 g/mol. The molecule has 204 valence electrons. The zero-order valence-electron chi connectivity index (χ0n) is 21.6. The maximum Gasteiger partial charge on any atom is 0.251 e. The van der Waals surface area contributed by atoms with Gasteiger partial charge in [-0.25, -0.2) is 17.8 Å². The first-order chi connectivity index (χ1) is 18.3. The first-order valence-corrected chi connectivity index (χ1v) is 15.5. The fourth-order valence-corrected chi connectivity index (χ4v) is 8.04. The molecular formula is C27H34FN5O3S2. The van der Waals surface area contributed by atoms with Gasteiger partial charge in [-0.05, 0) is 61.7 Å². The molecule has 3 heterocycles. The summed E-state index contributed by atoms with van der Waals surface area (Å²) in [5.41, 5.74) is 1.27. The molecule has 1 unspecified atom stereocenters. The minimum absolute atomic E-state index is 0.0457. The number of aromatic nitrogens is 1. The van der Waals surface area contributed by atoms with E-state index in [4.69, 9.17) is 0 Å². The average molecular weight is 560 g/mol. The predicted molar refractivity (Wildman–Crippen MR) is 149 cm³/mol. The van der Waals surface area contributed by atoms with Crippen molar-refractivity contribution < 1.29 is 17.6 Å². The maximum atomic E-state index is 13.5. The van der Waals surface area contributed by atoms with Crippen molar-refractivity contribution in [1.82, 2.24) is 19.5 Å². The minimum Gasteiger partial charge on any atom is -0.351 e. The first kappa shape index (κ1) is 27.0. The standard InChI is InChI=1S/C27H34FN5O3S2/c1-2-22-5-3-4-13-33(22)38(35,36)23-9-6-20(7-10-23)26(34)29-12-14-31-15-17-32(18-16-31)27-30-24-11-8-21(28)19-25(24)37-27/h6-11,19,22H,2-5,12-18H2,1H3,(H,29,34). The number of nitrogens with one attached hydrogen (secondary N) is 1. The van der Waals surface area contributed by atoms with Crippen molar-refractivity contribution in [1.29, 1.82) is 0 Å². The van der Waals surface area contributed by atoms with Crippen LogP contribution >= 0.6 is 11.3 Å². The van der Waals surface area contributed by atoms with Gasteiger partial charge in [0.25, 0.3) is 5.91 Å². The van der Waals surface area contributed by atoms with Gasteiger partial charge < -0.3 is 10.2 Å². The fraction of sp³-hybridized carbons (Fsp3) is 0.481. The number of hydrogen-bond donors (Lipinski definition) is 1. The van der Waals surface area contributed by atoms with Gasteiger partial charge in [0.15, 0.2) is 5.13 Å². The van der Waals surface area contributed by atoms with Crippen LogP contribution in [0.2, 0.25) is 0 Å². The number of hydrogen-bond acceptors (Lipinski definition) is 7. The molecule has 8 nitrogen and oxygen atoms in total. The molecule has 0 saturated carbocycles. The molecule has 0 radical (unpaired) electrons. The van der Waals surface area contributed by atoms with E-state index in [1.54, 1.807) is 34.6 Å². The second-order valence-electron chi connectivity index (χ2n) is 9.89. The van der Waals surface area contributed by atoms with Crippen LogP contribution in [0.15, 0.2) is 47.4 Å². The van der Waals surface area contributed by atoms with Gasteiger partial charge in [-0.1, -0.05) is 24.7 Å². The summed E-state index contributed by atoms with van der Waals surface area (Å²) in [6, 6.07) is 11.0. The summed E-state index contributed by atoms with van der Waals surface area (Å²) in [7, 11) is -3.56. The Labute approximate surface area is 227 Å². The summed E-state index contributed by atoms with van der Waals surface area (Å²) in [5, 5.41) is 3.86. The highest BCUT2D eigenvalue weighted by molar-refractivity contribution is 7.89. The molecule has 0 spiro atoms. The number of amides is 1. The van der Waals surface area contributed by atoms with Crippen LogP contribution in [0.5, 0.6) is 0 Å². The van der Waals surface area contributed by atoms with Crippen LogP contribution in [0.4, 0.5) is 9.52 Å². The third kappa shape index (κ3) is 5.85. The zero-order valence-corrected chi connectivity index (χ0v) is 23.2. The third-order valence-electron chi connectivity index (χ3n) is 7.46. The molecule has 38 heavy (non-hydrogen) atoms. The highest BCUT2D eigenvalue weighted by Crippen LogP contribution is 2.30. The van der Waals surface area contributed by atoms with Crippen molar-refractivity contribution in [2.45, 2.75) is 43.5 Å². The number of carbonyl (C=O) groups excluding carboxylic acids is 1. The van der Waals surface area contributed by atoms with Crippen molar-refractivity contribution in [2.24, 2.45) is 0 Å². The van der Waals surface area contributed by atoms with Crippen molar-refractivity contribution in [3.05, 3.63) is 53.8 Å². The Balaban J connectivity index is 1.09. The number of benzene rings is 2. The number of rotatable bonds is 8. The summed E-state index contributed by atoms with van der Waals surface area (Å²) in [5.74, 6) is -0.457. The number of anilines is 1. The second kappa shape index (κ2) is 11.6. The van der Waals surface area contributed by atoms with E-state index in [1.165, 1.54) is 23.5 Å². The number of carbonyl (C=O) groups is 1. The van der Waals surface area contributed by atoms with Crippen LogP contribution in [0.3, 0.4) is 0 Å². The molecule has 1 aromatic heterocycles. The minimum atomic E-state index is -3.56. The molecule has 2 fully saturated rings. The molecule has 2 aliphatic rings. The Morgan fingerprint density at radius 2 is 1.84 bits per heavy atom. The van der Waals surface area contributed by atoms with Crippen LogP contribution in [-0.4, -0.2) is 80.4 Å². The zero-order chi connectivity index (χ0) is 26.7. The number of piperazine rings is 1. The Morgan fingerprint density at radius 3 is 2.58 bits per heavy atom. The topological polar surface area (TPSA) is 85.8 Å². The van der Waals surface area contributed by atoms with Gasteiger partial charge in [-0.2, -0.15) is 4.31 Å². The summed E-state index contributed by atoms with van der Waals surface area (Å²) in [6.07, 6.45) is 3.64. The molecule has 1 atom stereocenters. The molecule has 0 aliphatic carbocycles. The molecule has 1 N–H and O–H groups in total. The molecule has 3 aromatic rings. The summed E-state index contributed by atoms with van der Waals surface area (Å²) < 4.78 is 42.3. The lowest BCUT2D eigenvalue weighted by atomic mass is 10.0. The highest BCUT2D eigenvalue weighted by atomic mass is 32.2. The van der Waals surface area contributed by atoms with Crippen LogP contribution < -0.4 is 10.2 Å². The second-order valence-corrected chi connectivity index (χ2v) is 12.8. The van der Waals surface area contributed by atoms with Gasteiger partial charge in [0, 0.05) is 57.4 Å². The predicted octanol–water partition coefficient (Wildman–Crippen LogP) is 3.94. The Bertz CT molecular complexity index is 1370. The third-order valence-corrected chi connectivity index (χ3v) is 10.5. The molecule has 0 bridgehead atoms. The van der Waals surface area contributed by atoms with Gasteiger partial charge in [-0.3, -0.25) is 9.69 Å². The smallest absolute Gasteiger partial charge is 0.251 e. The molecule has 2 saturated heterocycles. The van der Waals surface area contributed by atoms with E-state index in [9.17, 15) is 17.6 Å². The van der Waals surface area contributed by atoms with Crippen molar-refractivity contribution in [3.8, 4) is 0 Å². The average Bonchev–Trinajstić information content (AvgIpc) is 3.36. The summed E-state index contributed by atoms with van der Waals surface area (Å²) in [6.45, 7) is 7.15. The largest absolute Gasteiger partial charge is 0.351 e. The van der Waals surface area contributed by atoms with Gasteiger partial charge in [-0.15, -0.1) is 0 Å². The van der Waals surface area contributed by atoms with Crippen LogP contribution in [0.25, 0.3) is 10.2 Å². The van der Waals surface area contributed by atoms with Crippen molar-refractivity contribution in [2.75, 3.05) is 50.7 Å². The lowest BCUT2D eigenvalue weighted by Gasteiger charge is -2.34. The van der Waals surface area contributed by atoms with Gasteiger partial charge >= 0.3 is 0 Å². The molecule has 5 rings (SSSR count). The van der Waals surface area contributed by atoms with E-state index in [0.717, 1.165) is 73.8 Å². The van der Waals surface area contributed by atoms with E-state index in [-0.39, 0.29) is 22.7 Å². The van der Waals surface area contributed by atoms with Crippen LogP contribution in [0, 0.1) is 5.82 Å². The van der Waals surface area contributed by atoms with E-state index >= 15 is 0 Å². The number of fused-ring (bicyclic) bond motifs is 1. The lowest BCUT2D eigenvalue weighted by molar-refractivity contribution is 0.0947. The van der Waals surface area contributed by atoms with E-state index in [1.807, 2.05) is 6.92 Å². The van der Waals surface area contributed by atoms with Crippen LogP contribution in [-0.2, 0) is 10.0 Å². The molecular weight excluding hydrogens is 525 g/mol. The lowest BCUT2D eigenvalue weighted by Crippen LogP contribution is -2.48. The van der Waals surface area contributed by atoms with Gasteiger partial charge in [0.05, 0.1) is 15.1 Å². The van der Waals surface area contributed by atoms with E-state index in [0.29, 0.717) is 18.7 Å². The molecule has 2 aliphatic heterocycles. The SMILES string of the molecule is CCC1CCCCN1S(=O)(=O)c1ccc(C(=O)NCCN2CCN(c3nc4ccc(F)cc4s3)CC2)cc1. The highest BCUT2D eigenvalue weighted by Gasteiger charge is 2.32. The Hall–Kier alpha value is -2.60. The summed E-state index contributed by atoms with van der Waals surface area (Å²) in [4.78, 5) is 22.1. The van der Waals surface area contributed by atoms with Crippen LogP contribution in [0.1, 0.15) is 43.0 Å². The summed E-state index contributed by atoms with van der Waals surface area (Å²) >= 11 is 1.51. The van der Waals surface area contributed by atoms with Gasteiger partial charge in [0.1, 0.15) is 5.82 Å².